The van der Waals surface area contributed by atoms with Crippen molar-refractivity contribution in [3.05, 3.63) is 33.8 Å². The third-order valence-corrected chi connectivity index (χ3v) is 3.98. The summed E-state index contributed by atoms with van der Waals surface area (Å²) in [5.74, 6) is -0.0303. The third kappa shape index (κ3) is 5.64. The molecule has 0 aromatic heterocycles. The Kier molecular flexibility index (Phi) is 7.77. The topological polar surface area (TPSA) is 50.4 Å². The van der Waals surface area contributed by atoms with E-state index < -0.39 is 0 Å². The summed E-state index contributed by atoms with van der Waals surface area (Å²) in [5, 5.41) is 7.14. The van der Waals surface area contributed by atoms with E-state index in [-0.39, 0.29) is 30.5 Å². The van der Waals surface area contributed by atoms with Crippen molar-refractivity contribution in [3.63, 3.8) is 0 Å². The number of rotatable bonds is 4. The number of nitrogens with one attached hydrogen (secondary N) is 2. The molecule has 4 nitrogen and oxygen atoms in total. The van der Waals surface area contributed by atoms with Crippen LogP contribution in [0.5, 0.6) is 0 Å². The van der Waals surface area contributed by atoms with Crippen molar-refractivity contribution in [3.8, 4) is 0 Å². The molecule has 2 unspecified atom stereocenters. The SMILES string of the molecule is CC(NC(=O)CC1CNCCO1)c1ccc(Cl)c(Cl)c1.Cl. The first-order chi connectivity index (χ1) is 9.56. The molecule has 21 heavy (non-hydrogen) atoms. The first-order valence-electron chi connectivity index (χ1n) is 6.63. The smallest absolute Gasteiger partial charge is 0.223 e. The largest absolute Gasteiger partial charge is 0.375 e. The highest BCUT2D eigenvalue weighted by atomic mass is 35.5. The van der Waals surface area contributed by atoms with Gasteiger partial charge >= 0.3 is 0 Å². The normalized spacial score (nSPS) is 19.5. The van der Waals surface area contributed by atoms with Crippen LogP contribution in [0.25, 0.3) is 0 Å². The van der Waals surface area contributed by atoms with Crippen LogP contribution in [0.2, 0.25) is 10.0 Å². The fraction of sp³-hybridized carbons (Fsp3) is 0.500. The summed E-state index contributed by atoms with van der Waals surface area (Å²) in [7, 11) is 0. The van der Waals surface area contributed by atoms with E-state index in [4.69, 9.17) is 27.9 Å². The molecule has 2 N–H and O–H groups in total. The number of benzene rings is 1. The molecule has 0 bridgehead atoms. The molecule has 7 heteroatoms. The number of amides is 1. The van der Waals surface area contributed by atoms with Crippen molar-refractivity contribution in [1.82, 2.24) is 10.6 Å². The number of hydrogen-bond acceptors (Lipinski definition) is 3. The van der Waals surface area contributed by atoms with Crippen LogP contribution in [0.4, 0.5) is 0 Å². The Morgan fingerprint density at radius 2 is 2.24 bits per heavy atom. The maximum absolute atomic E-state index is 12.0. The van der Waals surface area contributed by atoms with E-state index in [2.05, 4.69) is 10.6 Å². The maximum atomic E-state index is 12.0. The van der Waals surface area contributed by atoms with Gasteiger partial charge in [-0.1, -0.05) is 29.3 Å². The summed E-state index contributed by atoms with van der Waals surface area (Å²) >= 11 is 11.9. The predicted octanol–water partition coefficient (Wildman–Crippen LogP) is 2.97. The van der Waals surface area contributed by atoms with Gasteiger partial charge in [-0.15, -0.1) is 12.4 Å². The van der Waals surface area contributed by atoms with Gasteiger partial charge in [0.15, 0.2) is 0 Å². The number of hydrogen-bond donors (Lipinski definition) is 2. The molecule has 1 aliphatic heterocycles. The first-order valence-corrected chi connectivity index (χ1v) is 7.38. The summed E-state index contributed by atoms with van der Waals surface area (Å²) in [5.41, 5.74) is 0.926. The molecule has 0 aliphatic carbocycles. The van der Waals surface area contributed by atoms with Crippen molar-refractivity contribution in [1.29, 1.82) is 0 Å². The van der Waals surface area contributed by atoms with Gasteiger partial charge in [0, 0.05) is 13.1 Å². The van der Waals surface area contributed by atoms with Gasteiger partial charge < -0.3 is 15.4 Å². The molecular formula is C14H19Cl3N2O2. The summed E-state index contributed by atoms with van der Waals surface area (Å²) in [4.78, 5) is 12.0. The minimum Gasteiger partial charge on any atom is -0.375 e. The third-order valence-electron chi connectivity index (χ3n) is 3.24. The molecule has 1 heterocycles. The van der Waals surface area contributed by atoms with Crippen molar-refractivity contribution in [2.45, 2.75) is 25.5 Å². The predicted molar refractivity (Wildman–Crippen MR) is 87.5 cm³/mol. The summed E-state index contributed by atoms with van der Waals surface area (Å²) in [6, 6.07) is 5.25. The quantitative estimate of drug-likeness (QED) is 0.875. The second-order valence-corrected chi connectivity index (χ2v) is 5.68. The fourth-order valence-electron chi connectivity index (χ4n) is 2.12. The van der Waals surface area contributed by atoms with Gasteiger partial charge in [-0.05, 0) is 24.6 Å². The van der Waals surface area contributed by atoms with Crippen LogP contribution >= 0.6 is 35.6 Å². The van der Waals surface area contributed by atoms with Crippen LogP contribution in [-0.2, 0) is 9.53 Å². The standard InChI is InChI=1S/C14H18Cl2N2O2.ClH/c1-9(10-2-3-12(15)13(16)6-10)18-14(19)7-11-8-17-4-5-20-11;/h2-3,6,9,11,17H,4-5,7-8H2,1H3,(H,18,19);1H. The lowest BCUT2D eigenvalue weighted by Gasteiger charge is -2.24. The zero-order valence-corrected chi connectivity index (χ0v) is 14.0. The molecule has 2 atom stereocenters. The number of carbonyl (C=O) groups is 1. The minimum atomic E-state index is -0.117. The molecule has 1 saturated heterocycles. The van der Waals surface area contributed by atoms with Gasteiger partial charge in [0.05, 0.1) is 35.2 Å². The Bertz CT molecular complexity index is 479. The molecule has 1 aromatic carbocycles. The Morgan fingerprint density at radius 1 is 1.48 bits per heavy atom. The monoisotopic (exact) mass is 352 g/mol. The van der Waals surface area contributed by atoms with Crippen LogP contribution < -0.4 is 10.6 Å². The zero-order valence-electron chi connectivity index (χ0n) is 11.7. The van der Waals surface area contributed by atoms with Crippen LogP contribution in [0.15, 0.2) is 18.2 Å². The molecule has 1 fully saturated rings. The van der Waals surface area contributed by atoms with Crippen LogP contribution in [-0.4, -0.2) is 31.7 Å². The van der Waals surface area contributed by atoms with E-state index in [1.807, 2.05) is 13.0 Å². The molecule has 118 valence electrons. The minimum absolute atomic E-state index is 0. The highest BCUT2D eigenvalue weighted by Crippen LogP contribution is 2.25. The molecule has 1 amide bonds. The second kappa shape index (κ2) is 8.81. The Balaban J connectivity index is 0.00000220. The van der Waals surface area contributed by atoms with Crippen molar-refractivity contribution in [2.24, 2.45) is 0 Å². The number of ether oxygens (including phenoxy) is 1. The van der Waals surface area contributed by atoms with E-state index in [0.29, 0.717) is 29.6 Å². The van der Waals surface area contributed by atoms with Gasteiger partial charge in [-0.2, -0.15) is 0 Å². The average Bonchev–Trinajstić information content (AvgIpc) is 2.42. The van der Waals surface area contributed by atoms with Crippen molar-refractivity contribution >= 4 is 41.5 Å². The Morgan fingerprint density at radius 3 is 2.86 bits per heavy atom. The van der Waals surface area contributed by atoms with Crippen LogP contribution in [0, 0.1) is 0 Å². The van der Waals surface area contributed by atoms with E-state index in [1.54, 1.807) is 12.1 Å². The van der Waals surface area contributed by atoms with Gasteiger partial charge in [0.2, 0.25) is 5.91 Å². The van der Waals surface area contributed by atoms with E-state index >= 15 is 0 Å². The van der Waals surface area contributed by atoms with Gasteiger partial charge in [0.25, 0.3) is 0 Å². The van der Waals surface area contributed by atoms with Gasteiger partial charge in [0.1, 0.15) is 0 Å². The van der Waals surface area contributed by atoms with E-state index in [9.17, 15) is 4.79 Å². The van der Waals surface area contributed by atoms with Gasteiger partial charge in [-0.3, -0.25) is 4.79 Å². The zero-order chi connectivity index (χ0) is 14.5. The van der Waals surface area contributed by atoms with Gasteiger partial charge in [-0.25, -0.2) is 0 Å². The summed E-state index contributed by atoms with van der Waals surface area (Å²) in [6.07, 6.45) is 0.309. The second-order valence-electron chi connectivity index (χ2n) is 4.86. The van der Waals surface area contributed by atoms with Crippen LogP contribution in [0.1, 0.15) is 24.9 Å². The Labute approximate surface area is 140 Å². The summed E-state index contributed by atoms with van der Waals surface area (Å²) < 4.78 is 5.51. The molecule has 0 radical (unpaired) electrons. The number of halogens is 3. The van der Waals surface area contributed by atoms with Crippen LogP contribution in [0.3, 0.4) is 0 Å². The van der Waals surface area contributed by atoms with E-state index in [0.717, 1.165) is 12.1 Å². The fourth-order valence-corrected chi connectivity index (χ4v) is 2.43. The summed E-state index contributed by atoms with van der Waals surface area (Å²) in [6.45, 7) is 4.13. The molecule has 0 spiro atoms. The maximum Gasteiger partial charge on any atom is 0.223 e. The molecular weight excluding hydrogens is 335 g/mol. The van der Waals surface area contributed by atoms with E-state index in [1.165, 1.54) is 0 Å². The number of morpholine rings is 1. The first kappa shape index (κ1) is 18.5. The lowest BCUT2D eigenvalue weighted by Crippen LogP contribution is -2.41. The molecule has 1 aliphatic rings. The lowest BCUT2D eigenvalue weighted by molar-refractivity contribution is -0.125. The Hall–Kier alpha value is -0.520. The van der Waals surface area contributed by atoms with Crippen molar-refractivity contribution in [2.75, 3.05) is 19.7 Å². The molecule has 2 rings (SSSR count). The highest BCUT2D eigenvalue weighted by molar-refractivity contribution is 6.42. The van der Waals surface area contributed by atoms with Crippen molar-refractivity contribution < 1.29 is 9.53 Å². The molecule has 0 saturated carbocycles. The number of carbonyl (C=O) groups excluding carboxylic acids is 1. The molecule has 1 aromatic rings. The lowest BCUT2D eigenvalue weighted by atomic mass is 10.1. The highest BCUT2D eigenvalue weighted by Gasteiger charge is 2.19. The average molecular weight is 354 g/mol.